The second-order valence-corrected chi connectivity index (χ2v) is 3.34. The molecule has 1 aromatic carbocycles. The number of aliphatic carboxylic acids is 1. The molecule has 2 nitrogen and oxygen atoms in total. The molecule has 1 N–H and O–H groups in total. The first kappa shape index (κ1) is 12.6. The van der Waals surface area contributed by atoms with Crippen LogP contribution in [0.3, 0.4) is 0 Å². The topological polar surface area (TPSA) is 37.3 Å². The SMILES string of the molecule is O=C(O)C=C(c1ccc(Cl)cc1)C(F)(F)F. The highest BCUT2D eigenvalue weighted by molar-refractivity contribution is 6.30. The van der Waals surface area contributed by atoms with Gasteiger partial charge < -0.3 is 5.11 Å². The Morgan fingerprint density at radius 2 is 1.75 bits per heavy atom. The standard InChI is InChI=1S/C10H6ClF3O2/c11-7-3-1-6(2-4-7)8(5-9(15)16)10(12,13)14/h1-5H,(H,15,16). The van der Waals surface area contributed by atoms with Gasteiger partial charge in [-0.1, -0.05) is 23.7 Å². The van der Waals surface area contributed by atoms with Crippen LogP contribution in [0, 0.1) is 0 Å². The fourth-order valence-corrected chi connectivity index (χ4v) is 1.21. The van der Waals surface area contributed by atoms with Crippen molar-refractivity contribution in [2.75, 3.05) is 0 Å². The van der Waals surface area contributed by atoms with Gasteiger partial charge in [-0.25, -0.2) is 4.79 Å². The van der Waals surface area contributed by atoms with Crippen molar-refractivity contribution in [2.24, 2.45) is 0 Å². The lowest BCUT2D eigenvalue weighted by Gasteiger charge is -2.11. The zero-order chi connectivity index (χ0) is 12.3. The molecule has 1 rings (SSSR count). The van der Waals surface area contributed by atoms with Crippen LogP contribution in [0.15, 0.2) is 30.3 Å². The van der Waals surface area contributed by atoms with Crippen LogP contribution in [0.4, 0.5) is 13.2 Å². The highest BCUT2D eigenvalue weighted by Crippen LogP contribution is 2.34. The first-order chi connectivity index (χ1) is 7.30. The molecule has 0 unspecified atom stereocenters. The fourth-order valence-electron chi connectivity index (χ4n) is 1.08. The number of hydrogen-bond acceptors (Lipinski definition) is 1. The second-order valence-electron chi connectivity index (χ2n) is 2.90. The van der Waals surface area contributed by atoms with E-state index in [9.17, 15) is 18.0 Å². The highest BCUT2D eigenvalue weighted by Gasteiger charge is 2.35. The lowest BCUT2D eigenvalue weighted by atomic mass is 10.1. The number of carboxylic acid groups (broad SMARTS) is 1. The lowest BCUT2D eigenvalue weighted by molar-refractivity contribution is -0.131. The molecule has 6 heteroatoms. The van der Waals surface area contributed by atoms with E-state index in [-0.39, 0.29) is 16.7 Å². The summed E-state index contributed by atoms with van der Waals surface area (Å²) in [7, 11) is 0. The fraction of sp³-hybridized carbons (Fsp3) is 0.100. The van der Waals surface area contributed by atoms with Gasteiger partial charge in [-0.05, 0) is 17.7 Å². The minimum atomic E-state index is -4.72. The van der Waals surface area contributed by atoms with Gasteiger partial charge in [0.2, 0.25) is 0 Å². The molecule has 16 heavy (non-hydrogen) atoms. The first-order valence-electron chi connectivity index (χ1n) is 4.08. The van der Waals surface area contributed by atoms with Gasteiger partial charge >= 0.3 is 12.1 Å². The maximum atomic E-state index is 12.5. The van der Waals surface area contributed by atoms with E-state index >= 15 is 0 Å². The second kappa shape index (κ2) is 4.57. The first-order valence-corrected chi connectivity index (χ1v) is 4.46. The lowest BCUT2D eigenvalue weighted by Crippen LogP contribution is -2.12. The van der Waals surface area contributed by atoms with E-state index in [1.54, 1.807) is 0 Å². The van der Waals surface area contributed by atoms with Crippen LogP contribution in [0.1, 0.15) is 5.56 Å². The number of carboxylic acids is 1. The summed E-state index contributed by atoms with van der Waals surface area (Å²) in [5, 5.41) is 8.64. The maximum absolute atomic E-state index is 12.5. The zero-order valence-corrected chi connectivity index (χ0v) is 8.51. The van der Waals surface area contributed by atoms with E-state index in [4.69, 9.17) is 16.7 Å². The molecule has 0 amide bonds. The molecule has 0 aliphatic rings. The van der Waals surface area contributed by atoms with Gasteiger partial charge in [0.15, 0.2) is 0 Å². The summed E-state index contributed by atoms with van der Waals surface area (Å²) in [6, 6.07) is 4.76. The van der Waals surface area contributed by atoms with Gasteiger partial charge in [0.1, 0.15) is 0 Å². The van der Waals surface area contributed by atoms with Crippen LogP contribution in [0.2, 0.25) is 5.02 Å². The van der Waals surface area contributed by atoms with Gasteiger partial charge in [-0.2, -0.15) is 13.2 Å². The molecule has 0 heterocycles. The molecular formula is C10H6ClF3O2. The minimum Gasteiger partial charge on any atom is -0.478 e. The van der Waals surface area contributed by atoms with Crippen molar-refractivity contribution < 1.29 is 23.1 Å². The normalized spacial score (nSPS) is 12.6. The smallest absolute Gasteiger partial charge is 0.417 e. The minimum absolute atomic E-state index is 0.128. The number of rotatable bonds is 2. The van der Waals surface area contributed by atoms with E-state index in [2.05, 4.69) is 0 Å². The molecule has 0 aliphatic heterocycles. The van der Waals surface area contributed by atoms with Crippen LogP contribution in [0.5, 0.6) is 0 Å². The van der Waals surface area contributed by atoms with E-state index in [1.807, 2.05) is 0 Å². The molecule has 0 atom stereocenters. The van der Waals surface area contributed by atoms with Gasteiger partial charge in [0, 0.05) is 11.1 Å². The summed E-state index contributed by atoms with van der Waals surface area (Å²) in [4.78, 5) is 10.3. The number of alkyl halides is 3. The number of halogens is 4. The molecular weight excluding hydrogens is 245 g/mol. The summed E-state index contributed by atoms with van der Waals surface area (Å²) in [5.74, 6) is -1.65. The van der Waals surface area contributed by atoms with E-state index in [1.165, 1.54) is 12.1 Å². The highest BCUT2D eigenvalue weighted by atomic mass is 35.5. The molecule has 0 radical (unpaired) electrons. The van der Waals surface area contributed by atoms with Gasteiger partial charge in [-0.15, -0.1) is 0 Å². The Morgan fingerprint density at radius 3 is 2.12 bits per heavy atom. The Morgan fingerprint density at radius 1 is 1.25 bits per heavy atom. The third-order valence-corrected chi connectivity index (χ3v) is 1.98. The molecule has 0 bridgehead atoms. The molecule has 0 saturated carbocycles. The van der Waals surface area contributed by atoms with Crippen LogP contribution >= 0.6 is 11.6 Å². The van der Waals surface area contributed by atoms with Crippen LogP contribution in [0.25, 0.3) is 5.57 Å². The summed E-state index contributed by atoms with van der Waals surface area (Å²) >= 11 is 5.52. The zero-order valence-electron chi connectivity index (χ0n) is 7.75. The Kier molecular flexibility index (Phi) is 3.59. The molecule has 0 aliphatic carbocycles. The average molecular weight is 251 g/mol. The van der Waals surface area contributed by atoms with Crippen molar-refractivity contribution in [3.8, 4) is 0 Å². The molecule has 0 fully saturated rings. The molecule has 86 valence electrons. The third-order valence-electron chi connectivity index (χ3n) is 1.73. The Balaban J connectivity index is 3.23. The predicted octanol–water partition coefficient (Wildman–Crippen LogP) is 3.37. The van der Waals surface area contributed by atoms with Gasteiger partial charge in [0.25, 0.3) is 0 Å². The largest absolute Gasteiger partial charge is 0.478 e. The van der Waals surface area contributed by atoms with Crippen LogP contribution < -0.4 is 0 Å². The summed E-state index contributed by atoms with van der Waals surface area (Å²) in [6.07, 6.45) is -4.59. The Bertz CT molecular complexity index is 421. The van der Waals surface area contributed by atoms with Crippen LogP contribution in [-0.4, -0.2) is 17.3 Å². The summed E-state index contributed by atoms with van der Waals surface area (Å²) < 4.78 is 37.5. The van der Waals surface area contributed by atoms with Crippen molar-refractivity contribution in [3.63, 3.8) is 0 Å². The molecule has 0 spiro atoms. The summed E-state index contributed by atoms with van der Waals surface area (Å²) in [5.41, 5.74) is -1.45. The number of benzene rings is 1. The van der Waals surface area contributed by atoms with Crippen molar-refractivity contribution >= 4 is 23.1 Å². The van der Waals surface area contributed by atoms with E-state index in [0.717, 1.165) is 12.1 Å². The van der Waals surface area contributed by atoms with Crippen LogP contribution in [-0.2, 0) is 4.79 Å². The molecule has 1 aromatic rings. The Labute approximate surface area is 94.0 Å². The third kappa shape index (κ3) is 3.27. The van der Waals surface area contributed by atoms with Crippen molar-refractivity contribution in [2.45, 2.75) is 6.18 Å². The van der Waals surface area contributed by atoms with Crippen molar-refractivity contribution in [1.82, 2.24) is 0 Å². The predicted molar refractivity (Wildman–Crippen MR) is 53.1 cm³/mol. The monoisotopic (exact) mass is 250 g/mol. The maximum Gasteiger partial charge on any atom is 0.417 e. The average Bonchev–Trinajstić information content (AvgIpc) is 2.14. The van der Waals surface area contributed by atoms with Crippen molar-refractivity contribution in [3.05, 3.63) is 40.9 Å². The Hall–Kier alpha value is -1.49. The van der Waals surface area contributed by atoms with E-state index < -0.39 is 17.7 Å². The van der Waals surface area contributed by atoms with Gasteiger partial charge in [0.05, 0.1) is 5.57 Å². The number of allylic oxidation sites excluding steroid dienone is 1. The van der Waals surface area contributed by atoms with Gasteiger partial charge in [-0.3, -0.25) is 0 Å². The van der Waals surface area contributed by atoms with Crippen molar-refractivity contribution in [1.29, 1.82) is 0 Å². The molecule has 0 saturated heterocycles. The molecule has 0 aromatic heterocycles. The summed E-state index contributed by atoms with van der Waals surface area (Å²) in [6.45, 7) is 0. The number of hydrogen-bond donors (Lipinski definition) is 1. The number of carbonyl (C=O) groups is 1. The quantitative estimate of drug-likeness (QED) is 0.817. The van der Waals surface area contributed by atoms with E-state index in [0.29, 0.717) is 0 Å².